The number of pyridine rings is 1. The van der Waals surface area contributed by atoms with E-state index in [1.165, 1.54) is 0 Å². The summed E-state index contributed by atoms with van der Waals surface area (Å²) < 4.78 is 0. The van der Waals surface area contributed by atoms with Gasteiger partial charge >= 0.3 is 5.97 Å². The van der Waals surface area contributed by atoms with E-state index in [9.17, 15) is 9.90 Å². The van der Waals surface area contributed by atoms with Crippen LogP contribution in [0, 0.1) is 5.92 Å². The molecule has 0 unspecified atom stereocenters. The van der Waals surface area contributed by atoms with Crippen LogP contribution in [0.5, 0.6) is 5.75 Å². The Morgan fingerprint density at radius 2 is 1.90 bits per heavy atom. The summed E-state index contributed by atoms with van der Waals surface area (Å²) in [7, 11) is 0. The molecule has 21 heavy (non-hydrogen) atoms. The number of aliphatic carboxylic acids is 1. The summed E-state index contributed by atoms with van der Waals surface area (Å²) in [5.41, 5.74) is 1.64. The zero-order valence-electron chi connectivity index (χ0n) is 11.4. The van der Waals surface area contributed by atoms with Crippen molar-refractivity contribution in [1.29, 1.82) is 0 Å². The van der Waals surface area contributed by atoms with Gasteiger partial charge in [-0.05, 0) is 49.9 Å². The van der Waals surface area contributed by atoms with E-state index in [0.29, 0.717) is 17.9 Å². The Kier molecular flexibility index (Phi) is 3.72. The number of fused-ring (bicyclic) bond motifs is 1. The number of carbonyl (C=O) groups is 1. The maximum Gasteiger partial charge on any atom is 0.306 e. The normalized spacial score (nSPS) is 22.3. The molecule has 0 aliphatic heterocycles. The third-order valence-corrected chi connectivity index (χ3v) is 4.54. The lowest BCUT2D eigenvalue weighted by molar-refractivity contribution is -0.142. The summed E-state index contributed by atoms with van der Waals surface area (Å²) >= 11 is 6.33. The summed E-state index contributed by atoms with van der Waals surface area (Å²) in [6.45, 7) is 0. The maximum atomic E-state index is 11.0. The highest BCUT2D eigenvalue weighted by molar-refractivity contribution is 6.31. The Bertz CT molecular complexity index is 693. The number of aromatic nitrogens is 1. The van der Waals surface area contributed by atoms with Crippen LogP contribution in [-0.2, 0) is 4.79 Å². The second kappa shape index (κ2) is 5.53. The number of aromatic hydroxyl groups is 1. The summed E-state index contributed by atoms with van der Waals surface area (Å²) in [6.07, 6.45) is 2.94. The van der Waals surface area contributed by atoms with Crippen molar-refractivity contribution in [2.75, 3.05) is 0 Å². The number of hydrogen-bond donors (Lipinski definition) is 2. The summed E-state index contributed by atoms with van der Waals surface area (Å²) in [4.78, 5) is 15.6. The fraction of sp³-hybridized carbons (Fsp3) is 0.375. The van der Waals surface area contributed by atoms with Crippen LogP contribution in [0.4, 0.5) is 0 Å². The molecular weight excluding hydrogens is 290 g/mol. The summed E-state index contributed by atoms with van der Waals surface area (Å²) in [5, 5.41) is 19.9. The predicted octanol–water partition coefficient (Wildman–Crippen LogP) is 3.95. The first-order valence-electron chi connectivity index (χ1n) is 7.06. The Morgan fingerprint density at radius 1 is 1.19 bits per heavy atom. The Morgan fingerprint density at radius 3 is 2.57 bits per heavy atom. The molecule has 2 N–H and O–H groups in total. The van der Waals surface area contributed by atoms with Crippen molar-refractivity contribution >= 4 is 28.5 Å². The molecule has 1 aliphatic carbocycles. The van der Waals surface area contributed by atoms with Gasteiger partial charge in [0, 0.05) is 11.3 Å². The van der Waals surface area contributed by atoms with Gasteiger partial charge in [-0.25, -0.2) is 0 Å². The number of phenolic OH excluding ortho intramolecular Hbond substituents is 1. The molecule has 1 aliphatic rings. The molecule has 0 spiro atoms. The van der Waals surface area contributed by atoms with Gasteiger partial charge in [-0.15, -0.1) is 0 Å². The largest absolute Gasteiger partial charge is 0.508 e. The molecule has 0 amide bonds. The molecule has 4 nitrogen and oxygen atoms in total. The summed E-state index contributed by atoms with van der Waals surface area (Å²) in [6, 6.07) is 6.84. The lowest BCUT2D eigenvalue weighted by Crippen LogP contribution is -2.21. The molecule has 3 rings (SSSR count). The zero-order chi connectivity index (χ0) is 15.0. The minimum Gasteiger partial charge on any atom is -0.508 e. The molecule has 0 atom stereocenters. The van der Waals surface area contributed by atoms with Crippen LogP contribution in [0.25, 0.3) is 10.9 Å². The zero-order valence-corrected chi connectivity index (χ0v) is 12.2. The van der Waals surface area contributed by atoms with Crippen molar-refractivity contribution in [1.82, 2.24) is 4.98 Å². The van der Waals surface area contributed by atoms with Gasteiger partial charge in [-0.2, -0.15) is 0 Å². The number of rotatable bonds is 2. The number of carboxylic acids is 1. The minimum atomic E-state index is -0.707. The van der Waals surface area contributed by atoms with Gasteiger partial charge < -0.3 is 10.2 Å². The fourth-order valence-corrected chi connectivity index (χ4v) is 3.37. The van der Waals surface area contributed by atoms with Crippen LogP contribution < -0.4 is 0 Å². The van der Waals surface area contributed by atoms with E-state index in [4.69, 9.17) is 16.7 Å². The molecule has 1 aromatic carbocycles. The molecule has 0 bridgehead atoms. The first-order chi connectivity index (χ1) is 10.0. The van der Waals surface area contributed by atoms with Crippen molar-refractivity contribution < 1.29 is 15.0 Å². The van der Waals surface area contributed by atoms with Crippen LogP contribution in [0.15, 0.2) is 24.3 Å². The molecule has 0 radical (unpaired) electrons. The minimum absolute atomic E-state index is 0.190. The quantitative estimate of drug-likeness (QED) is 0.881. The maximum absolute atomic E-state index is 11.0. The van der Waals surface area contributed by atoms with Crippen molar-refractivity contribution in [3.8, 4) is 5.75 Å². The molecule has 110 valence electrons. The first-order valence-corrected chi connectivity index (χ1v) is 7.44. The molecule has 2 aromatic rings. The lowest BCUT2D eigenvalue weighted by Gasteiger charge is -2.26. The Labute approximate surface area is 127 Å². The average molecular weight is 306 g/mol. The van der Waals surface area contributed by atoms with Crippen LogP contribution in [0.2, 0.25) is 5.02 Å². The van der Waals surface area contributed by atoms with E-state index in [1.807, 2.05) is 6.07 Å². The number of phenols is 1. The van der Waals surface area contributed by atoms with Crippen LogP contribution in [0.3, 0.4) is 0 Å². The molecule has 5 heteroatoms. The van der Waals surface area contributed by atoms with E-state index in [-0.39, 0.29) is 17.6 Å². The van der Waals surface area contributed by atoms with Gasteiger partial charge in [0.25, 0.3) is 0 Å². The van der Waals surface area contributed by atoms with Gasteiger partial charge in [0.05, 0.1) is 22.2 Å². The van der Waals surface area contributed by atoms with E-state index in [2.05, 4.69) is 4.98 Å². The molecule has 1 saturated carbocycles. The SMILES string of the molecule is O=C(O)[C@H]1CC[C@H](c2nc3ccc(O)cc3cc2Cl)CC1. The number of nitrogens with zero attached hydrogens (tertiary/aromatic N) is 1. The average Bonchev–Trinajstić information content (AvgIpc) is 2.46. The number of hydrogen-bond acceptors (Lipinski definition) is 3. The van der Waals surface area contributed by atoms with Crippen molar-refractivity contribution in [3.63, 3.8) is 0 Å². The molecular formula is C16H16ClNO3. The second-order valence-electron chi connectivity index (χ2n) is 5.62. The number of halogens is 1. The molecule has 1 fully saturated rings. The van der Waals surface area contributed by atoms with Crippen molar-refractivity contribution in [2.45, 2.75) is 31.6 Å². The van der Waals surface area contributed by atoms with E-state index < -0.39 is 5.97 Å². The third-order valence-electron chi connectivity index (χ3n) is 4.24. The van der Waals surface area contributed by atoms with Gasteiger partial charge in [-0.1, -0.05) is 11.6 Å². The van der Waals surface area contributed by atoms with Crippen molar-refractivity contribution in [3.05, 3.63) is 35.0 Å². The lowest BCUT2D eigenvalue weighted by atomic mass is 9.80. The highest BCUT2D eigenvalue weighted by Crippen LogP contribution is 2.38. The van der Waals surface area contributed by atoms with Crippen molar-refractivity contribution in [2.24, 2.45) is 5.92 Å². The summed E-state index contributed by atoms with van der Waals surface area (Å²) in [5.74, 6) is -0.541. The Hall–Kier alpha value is -1.81. The van der Waals surface area contributed by atoms with Gasteiger partial charge in [0.1, 0.15) is 5.75 Å². The highest BCUT2D eigenvalue weighted by atomic mass is 35.5. The second-order valence-corrected chi connectivity index (χ2v) is 6.03. The van der Waals surface area contributed by atoms with Gasteiger partial charge in [0.15, 0.2) is 0 Å². The van der Waals surface area contributed by atoms with Crippen LogP contribution in [-0.4, -0.2) is 21.2 Å². The Balaban J connectivity index is 1.89. The third kappa shape index (κ3) is 2.81. The van der Waals surface area contributed by atoms with Crippen LogP contribution >= 0.6 is 11.6 Å². The van der Waals surface area contributed by atoms with E-state index in [0.717, 1.165) is 29.4 Å². The monoisotopic (exact) mass is 305 g/mol. The standard InChI is InChI=1S/C16H16ClNO3/c17-13-8-11-7-12(19)5-6-14(11)18-15(13)9-1-3-10(4-2-9)16(20)21/h5-10,19H,1-4H2,(H,20,21)/t9-,10-. The number of benzene rings is 1. The van der Waals surface area contributed by atoms with Gasteiger partial charge in [0.2, 0.25) is 0 Å². The smallest absolute Gasteiger partial charge is 0.306 e. The van der Waals surface area contributed by atoms with E-state index in [1.54, 1.807) is 18.2 Å². The predicted molar refractivity (Wildman–Crippen MR) is 80.8 cm³/mol. The first kappa shape index (κ1) is 14.1. The molecule has 1 aromatic heterocycles. The van der Waals surface area contributed by atoms with E-state index >= 15 is 0 Å². The molecule has 1 heterocycles. The highest BCUT2D eigenvalue weighted by Gasteiger charge is 2.28. The van der Waals surface area contributed by atoms with Gasteiger partial charge in [-0.3, -0.25) is 9.78 Å². The number of carboxylic acid groups (broad SMARTS) is 1. The fourth-order valence-electron chi connectivity index (χ4n) is 3.05. The van der Waals surface area contributed by atoms with Crippen LogP contribution in [0.1, 0.15) is 37.3 Å². The topological polar surface area (TPSA) is 70.4 Å². The molecule has 0 saturated heterocycles.